The average molecular weight is 562 g/mol. The molecule has 2 fully saturated rings. The van der Waals surface area contributed by atoms with Gasteiger partial charge in [0.2, 0.25) is 5.95 Å². The zero-order chi connectivity index (χ0) is 30.2. The SMILES string of the molecule is C=C(/C=C\C(C)=C\Nc1nc(N2CCC(C)(C/C(=C/C=NC)C3CC3)CC2)nc(N=CC)c1NC(C)C)C(C)(C)C.[HH]. The molecular weight excluding hydrogens is 506 g/mol. The van der Waals surface area contributed by atoms with Gasteiger partial charge in [-0.25, -0.2) is 4.99 Å². The van der Waals surface area contributed by atoms with Crippen LogP contribution in [0, 0.1) is 16.7 Å². The van der Waals surface area contributed by atoms with E-state index in [-0.39, 0.29) is 18.3 Å². The summed E-state index contributed by atoms with van der Waals surface area (Å²) in [5.41, 5.74) is 4.87. The highest BCUT2D eigenvalue weighted by Gasteiger charge is 2.36. The van der Waals surface area contributed by atoms with Crippen LogP contribution in [0.1, 0.15) is 88.9 Å². The Hall–Kier alpha value is -3.22. The number of hydrogen-bond acceptors (Lipinski definition) is 7. The lowest BCUT2D eigenvalue weighted by molar-refractivity contribution is 0.241. The molecule has 2 N–H and O–H groups in total. The van der Waals surface area contributed by atoms with E-state index >= 15 is 0 Å². The molecule has 1 aromatic rings. The Morgan fingerprint density at radius 3 is 2.44 bits per heavy atom. The van der Waals surface area contributed by atoms with Crippen molar-refractivity contribution in [2.24, 2.45) is 26.7 Å². The van der Waals surface area contributed by atoms with Crippen LogP contribution in [-0.4, -0.2) is 48.6 Å². The van der Waals surface area contributed by atoms with E-state index in [9.17, 15) is 0 Å². The van der Waals surface area contributed by atoms with Gasteiger partial charge in [0.15, 0.2) is 11.6 Å². The maximum atomic E-state index is 5.04. The molecule has 1 aliphatic carbocycles. The number of nitrogens with one attached hydrogen (secondary N) is 2. The van der Waals surface area contributed by atoms with Crippen LogP contribution in [0.3, 0.4) is 0 Å². The monoisotopic (exact) mass is 561 g/mol. The van der Waals surface area contributed by atoms with Crippen LogP contribution < -0.4 is 15.5 Å². The van der Waals surface area contributed by atoms with Gasteiger partial charge in [-0.1, -0.05) is 52.0 Å². The number of piperidine rings is 1. The van der Waals surface area contributed by atoms with Gasteiger partial charge >= 0.3 is 0 Å². The minimum Gasteiger partial charge on any atom is -0.377 e. The van der Waals surface area contributed by atoms with Gasteiger partial charge in [0, 0.05) is 46.2 Å². The van der Waals surface area contributed by atoms with Gasteiger partial charge < -0.3 is 15.5 Å². The first kappa shape index (κ1) is 32.3. The summed E-state index contributed by atoms with van der Waals surface area (Å²) in [4.78, 5) is 21.1. The topological polar surface area (TPSA) is 77.8 Å². The fourth-order valence-corrected chi connectivity index (χ4v) is 4.91. The van der Waals surface area contributed by atoms with E-state index in [0.29, 0.717) is 5.82 Å². The fourth-order valence-electron chi connectivity index (χ4n) is 4.91. The number of rotatable bonds is 12. The number of nitrogens with zero attached hydrogens (tertiary/aromatic N) is 5. The summed E-state index contributed by atoms with van der Waals surface area (Å²) in [7, 11) is 1.85. The molecule has 3 rings (SSSR count). The van der Waals surface area contributed by atoms with Crippen molar-refractivity contribution in [2.45, 2.75) is 93.5 Å². The Balaban J connectivity index is 0.00000616. The summed E-state index contributed by atoms with van der Waals surface area (Å²) in [6.07, 6.45) is 18.2. The highest BCUT2D eigenvalue weighted by atomic mass is 15.3. The highest BCUT2D eigenvalue weighted by molar-refractivity contribution is 5.80. The van der Waals surface area contributed by atoms with Crippen molar-refractivity contribution in [3.8, 4) is 0 Å². The van der Waals surface area contributed by atoms with Crippen LogP contribution in [0.25, 0.3) is 0 Å². The van der Waals surface area contributed by atoms with Crippen molar-refractivity contribution in [1.29, 1.82) is 0 Å². The number of aromatic nitrogens is 2. The van der Waals surface area contributed by atoms with E-state index in [1.165, 1.54) is 12.8 Å². The Kier molecular flexibility index (Phi) is 11.1. The number of allylic oxidation sites excluding steroid dienone is 6. The molecule has 41 heavy (non-hydrogen) atoms. The largest absolute Gasteiger partial charge is 0.377 e. The first-order valence-electron chi connectivity index (χ1n) is 15.2. The quantitative estimate of drug-likeness (QED) is 0.197. The molecule has 1 aliphatic heterocycles. The number of anilines is 3. The molecule has 0 radical (unpaired) electrons. The molecule has 0 spiro atoms. The van der Waals surface area contributed by atoms with Gasteiger partial charge in [-0.05, 0) is 93.8 Å². The molecule has 0 amide bonds. The zero-order valence-electron chi connectivity index (χ0n) is 27.0. The summed E-state index contributed by atoms with van der Waals surface area (Å²) in [5, 5.41) is 6.98. The molecule has 1 saturated heterocycles. The van der Waals surface area contributed by atoms with Gasteiger partial charge in [-0.3, -0.25) is 4.99 Å². The van der Waals surface area contributed by atoms with Gasteiger partial charge in [-0.15, -0.1) is 0 Å². The average Bonchev–Trinajstić information content (AvgIpc) is 3.75. The zero-order valence-corrected chi connectivity index (χ0v) is 27.0. The van der Waals surface area contributed by atoms with Crippen LogP contribution in [0.15, 0.2) is 57.7 Å². The Bertz CT molecular complexity index is 1200. The van der Waals surface area contributed by atoms with Crippen LogP contribution >= 0.6 is 0 Å². The summed E-state index contributed by atoms with van der Waals surface area (Å²) >= 11 is 0. The lowest BCUT2D eigenvalue weighted by Gasteiger charge is -2.40. The predicted molar refractivity (Wildman–Crippen MR) is 181 cm³/mol. The van der Waals surface area contributed by atoms with Gasteiger partial charge in [0.05, 0.1) is 0 Å². The number of hydrogen-bond donors (Lipinski definition) is 2. The van der Waals surface area contributed by atoms with Crippen molar-refractivity contribution in [3.63, 3.8) is 0 Å². The molecule has 1 saturated carbocycles. The third-order valence-corrected chi connectivity index (χ3v) is 7.93. The van der Waals surface area contributed by atoms with Crippen LogP contribution in [0.5, 0.6) is 0 Å². The molecule has 2 aliphatic rings. The second kappa shape index (κ2) is 14.1. The van der Waals surface area contributed by atoms with E-state index in [1.54, 1.807) is 11.8 Å². The van der Waals surface area contributed by atoms with E-state index in [4.69, 9.17) is 9.97 Å². The summed E-state index contributed by atoms with van der Waals surface area (Å²) in [6, 6.07) is 0.207. The standard InChI is InChI=1S/C34H53N7.H2/c1-11-36-30-29(38-24(2)3)31(37-23-25(4)12-13-26(5)33(6,7)8)40-32(39-30)41-20-17-34(9,18-21-41)22-28(16-19-35-10)27-14-15-27;/h11-13,16,19,23-24,27,38H,5,14-15,17-18,20-22H2,1-4,6-10H3,(H,37,39,40);1H/b13-12-,25-23+,28-16-,35-19?,36-11?;. The number of aliphatic imine (C=N–C) groups is 2. The normalized spacial score (nSPS) is 18.7. The second-order valence-electron chi connectivity index (χ2n) is 13.3. The van der Waals surface area contributed by atoms with E-state index in [0.717, 1.165) is 66.9 Å². The molecule has 0 atom stereocenters. The summed E-state index contributed by atoms with van der Waals surface area (Å²) in [6.45, 7) is 23.2. The minimum absolute atomic E-state index is 0. The molecule has 7 nitrogen and oxygen atoms in total. The van der Waals surface area contributed by atoms with Gasteiger partial charge in [0.25, 0.3) is 0 Å². The second-order valence-corrected chi connectivity index (χ2v) is 13.3. The molecule has 0 aromatic carbocycles. The smallest absolute Gasteiger partial charge is 0.229 e. The molecule has 226 valence electrons. The maximum Gasteiger partial charge on any atom is 0.229 e. The Morgan fingerprint density at radius 1 is 1.20 bits per heavy atom. The van der Waals surface area contributed by atoms with Crippen LogP contribution in [0.4, 0.5) is 23.3 Å². The third kappa shape index (κ3) is 9.68. The molecule has 2 heterocycles. The van der Waals surface area contributed by atoms with Crippen molar-refractivity contribution in [2.75, 3.05) is 35.7 Å². The first-order chi connectivity index (χ1) is 19.3. The fraction of sp³-hybridized carbons (Fsp3) is 0.588. The van der Waals surface area contributed by atoms with Gasteiger partial charge in [-0.2, -0.15) is 9.97 Å². The van der Waals surface area contributed by atoms with Crippen molar-refractivity contribution in [3.05, 3.63) is 47.7 Å². The Labute approximate surface area is 250 Å². The van der Waals surface area contributed by atoms with Crippen molar-refractivity contribution < 1.29 is 1.43 Å². The Morgan fingerprint density at radius 2 is 1.88 bits per heavy atom. The van der Waals surface area contributed by atoms with E-state index in [1.807, 2.05) is 26.4 Å². The molecule has 1 aromatic heterocycles. The predicted octanol–water partition coefficient (Wildman–Crippen LogP) is 8.77. The lowest BCUT2D eigenvalue weighted by atomic mass is 9.74. The van der Waals surface area contributed by atoms with Crippen LogP contribution in [-0.2, 0) is 0 Å². The van der Waals surface area contributed by atoms with Crippen molar-refractivity contribution >= 4 is 35.7 Å². The minimum atomic E-state index is 0. The van der Waals surface area contributed by atoms with Gasteiger partial charge in [0.1, 0.15) is 5.69 Å². The highest BCUT2D eigenvalue weighted by Crippen LogP contribution is 2.46. The van der Waals surface area contributed by atoms with E-state index < -0.39 is 0 Å². The molecular formula is C34H55N7. The summed E-state index contributed by atoms with van der Waals surface area (Å²) < 4.78 is 0. The summed E-state index contributed by atoms with van der Waals surface area (Å²) in [5.74, 6) is 2.87. The lowest BCUT2D eigenvalue weighted by Crippen LogP contribution is -2.40. The third-order valence-electron chi connectivity index (χ3n) is 7.93. The molecule has 0 bridgehead atoms. The van der Waals surface area contributed by atoms with E-state index in [2.05, 4.69) is 98.8 Å². The molecule has 0 unspecified atom stereocenters. The first-order valence-corrected chi connectivity index (χ1v) is 15.2. The van der Waals surface area contributed by atoms with Crippen LogP contribution in [0.2, 0.25) is 0 Å². The maximum absolute atomic E-state index is 5.04. The molecule has 7 heteroatoms. The van der Waals surface area contributed by atoms with Crippen molar-refractivity contribution in [1.82, 2.24) is 9.97 Å².